The van der Waals surface area contributed by atoms with Crippen LogP contribution in [0, 0.1) is 13.8 Å². The predicted octanol–water partition coefficient (Wildman–Crippen LogP) is 1.91. The molecule has 1 heterocycles. The predicted molar refractivity (Wildman–Crippen MR) is 76.6 cm³/mol. The number of thiocarbonyl (C=S) groups is 1. The minimum absolute atomic E-state index is 0.834. The molecule has 4 heteroatoms. The van der Waals surface area contributed by atoms with E-state index in [-0.39, 0.29) is 0 Å². The molecule has 1 aromatic rings. The minimum atomic E-state index is 0.834. The average Bonchev–Trinajstić information content (AvgIpc) is 2.36. The van der Waals surface area contributed by atoms with Crippen LogP contribution < -0.4 is 10.6 Å². The summed E-state index contributed by atoms with van der Waals surface area (Å²) in [6.45, 7) is 8.23. The zero-order chi connectivity index (χ0) is 12.3. The Morgan fingerprint density at radius 3 is 2.71 bits per heavy atom. The van der Waals surface area contributed by atoms with E-state index in [9.17, 15) is 0 Å². The molecular weight excluding hydrogens is 230 g/mol. The third kappa shape index (κ3) is 2.96. The Kier molecular flexibility index (Phi) is 3.97. The maximum Gasteiger partial charge on any atom is 0.173 e. The summed E-state index contributed by atoms with van der Waals surface area (Å²) in [7, 11) is 0. The van der Waals surface area contributed by atoms with Gasteiger partial charge in [0.2, 0.25) is 0 Å². The summed E-state index contributed by atoms with van der Waals surface area (Å²) >= 11 is 5.45. The molecule has 0 amide bonds. The summed E-state index contributed by atoms with van der Waals surface area (Å²) in [6, 6.07) is 6.26. The molecule has 17 heavy (non-hydrogen) atoms. The number of benzene rings is 1. The van der Waals surface area contributed by atoms with Gasteiger partial charge in [0.25, 0.3) is 0 Å². The van der Waals surface area contributed by atoms with Crippen LogP contribution in [0.5, 0.6) is 0 Å². The first-order chi connectivity index (χ1) is 8.18. The Morgan fingerprint density at radius 2 is 2.00 bits per heavy atom. The van der Waals surface area contributed by atoms with E-state index in [4.69, 9.17) is 12.2 Å². The molecule has 0 atom stereocenters. The highest BCUT2D eigenvalue weighted by molar-refractivity contribution is 7.80. The molecule has 0 spiro atoms. The van der Waals surface area contributed by atoms with Crippen molar-refractivity contribution < 1.29 is 0 Å². The standard InChI is InChI=1S/C13H19N3S/c1-10-4-3-5-12(11(10)2)15-13(17)16-8-6-14-7-9-16/h3-5,14H,6-9H2,1-2H3,(H,15,17). The Hall–Kier alpha value is -1.13. The van der Waals surface area contributed by atoms with Gasteiger partial charge in [-0.25, -0.2) is 0 Å². The van der Waals surface area contributed by atoms with Crippen LogP contribution in [-0.2, 0) is 0 Å². The van der Waals surface area contributed by atoms with Crippen molar-refractivity contribution in [3.63, 3.8) is 0 Å². The van der Waals surface area contributed by atoms with Gasteiger partial charge in [0.15, 0.2) is 5.11 Å². The van der Waals surface area contributed by atoms with Crippen molar-refractivity contribution in [3.8, 4) is 0 Å². The molecule has 1 aliphatic rings. The first-order valence-corrected chi connectivity index (χ1v) is 6.42. The van der Waals surface area contributed by atoms with Crippen LogP contribution in [-0.4, -0.2) is 36.2 Å². The Bertz CT molecular complexity index is 411. The van der Waals surface area contributed by atoms with Gasteiger partial charge in [0, 0.05) is 31.9 Å². The molecule has 1 aromatic carbocycles. The molecule has 0 aromatic heterocycles. The maximum absolute atomic E-state index is 5.45. The molecule has 1 aliphatic heterocycles. The Balaban J connectivity index is 2.04. The van der Waals surface area contributed by atoms with Crippen LogP contribution >= 0.6 is 12.2 Å². The van der Waals surface area contributed by atoms with E-state index in [0.717, 1.165) is 37.0 Å². The molecule has 2 N–H and O–H groups in total. The van der Waals surface area contributed by atoms with Crippen LogP contribution in [0.4, 0.5) is 5.69 Å². The van der Waals surface area contributed by atoms with Crippen molar-refractivity contribution in [1.29, 1.82) is 0 Å². The highest BCUT2D eigenvalue weighted by Gasteiger charge is 2.13. The van der Waals surface area contributed by atoms with Gasteiger partial charge in [-0.3, -0.25) is 0 Å². The van der Waals surface area contributed by atoms with E-state index in [2.05, 4.69) is 47.6 Å². The first-order valence-electron chi connectivity index (χ1n) is 6.01. The Morgan fingerprint density at radius 1 is 1.29 bits per heavy atom. The highest BCUT2D eigenvalue weighted by Crippen LogP contribution is 2.18. The number of hydrogen-bond acceptors (Lipinski definition) is 2. The summed E-state index contributed by atoms with van der Waals surface area (Å²) in [4.78, 5) is 2.22. The summed E-state index contributed by atoms with van der Waals surface area (Å²) in [5.41, 5.74) is 3.68. The fourth-order valence-corrected chi connectivity index (χ4v) is 2.24. The van der Waals surface area contributed by atoms with E-state index in [0.29, 0.717) is 0 Å². The van der Waals surface area contributed by atoms with Crippen molar-refractivity contribution in [2.45, 2.75) is 13.8 Å². The maximum atomic E-state index is 5.45. The van der Waals surface area contributed by atoms with Gasteiger partial charge in [-0.05, 0) is 43.3 Å². The minimum Gasteiger partial charge on any atom is -0.346 e. The molecule has 0 aliphatic carbocycles. The van der Waals surface area contributed by atoms with Gasteiger partial charge in [-0.15, -0.1) is 0 Å². The van der Waals surface area contributed by atoms with Crippen molar-refractivity contribution in [2.24, 2.45) is 0 Å². The summed E-state index contributed by atoms with van der Waals surface area (Å²) < 4.78 is 0. The quantitative estimate of drug-likeness (QED) is 0.744. The van der Waals surface area contributed by atoms with Crippen LogP contribution in [0.2, 0.25) is 0 Å². The van der Waals surface area contributed by atoms with Crippen LogP contribution in [0.15, 0.2) is 18.2 Å². The van der Waals surface area contributed by atoms with E-state index in [1.807, 2.05) is 0 Å². The number of nitrogens with zero attached hydrogens (tertiary/aromatic N) is 1. The topological polar surface area (TPSA) is 27.3 Å². The van der Waals surface area contributed by atoms with Crippen molar-refractivity contribution in [2.75, 3.05) is 31.5 Å². The second-order valence-electron chi connectivity index (χ2n) is 4.41. The number of piperazine rings is 1. The number of rotatable bonds is 1. The molecular formula is C13H19N3S. The lowest BCUT2D eigenvalue weighted by Gasteiger charge is -2.30. The van der Waals surface area contributed by atoms with Crippen molar-refractivity contribution in [1.82, 2.24) is 10.2 Å². The number of anilines is 1. The molecule has 0 saturated carbocycles. The van der Waals surface area contributed by atoms with Gasteiger partial charge in [0.1, 0.15) is 0 Å². The molecule has 92 valence electrons. The number of hydrogen-bond donors (Lipinski definition) is 2. The van der Waals surface area contributed by atoms with Gasteiger partial charge >= 0.3 is 0 Å². The van der Waals surface area contributed by atoms with Gasteiger partial charge < -0.3 is 15.5 Å². The van der Waals surface area contributed by atoms with Gasteiger partial charge in [0.05, 0.1) is 0 Å². The SMILES string of the molecule is Cc1cccc(NC(=S)N2CCNCC2)c1C. The average molecular weight is 249 g/mol. The zero-order valence-electron chi connectivity index (χ0n) is 10.4. The largest absolute Gasteiger partial charge is 0.346 e. The van der Waals surface area contributed by atoms with Crippen LogP contribution in [0.3, 0.4) is 0 Å². The molecule has 0 bridgehead atoms. The molecule has 2 rings (SSSR count). The fourth-order valence-electron chi connectivity index (χ4n) is 1.95. The van der Waals surface area contributed by atoms with E-state index in [1.165, 1.54) is 11.1 Å². The second kappa shape index (κ2) is 5.47. The normalized spacial score (nSPS) is 15.8. The lowest BCUT2D eigenvalue weighted by atomic mass is 10.1. The second-order valence-corrected chi connectivity index (χ2v) is 4.80. The monoisotopic (exact) mass is 249 g/mol. The zero-order valence-corrected chi connectivity index (χ0v) is 11.2. The fraction of sp³-hybridized carbons (Fsp3) is 0.462. The first kappa shape index (κ1) is 12.3. The van der Waals surface area contributed by atoms with Crippen LogP contribution in [0.1, 0.15) is 11.1 Å². The highest BCUT2D eigenvalue weighted by atomic mass is 32.1. The summed E-state index contributed by atoms with van der Waals surface area (Å²) in [6.07, 6.45) is 0. The van der Waals surface area contributed by atoms with Crippen molar-refractivity contribution in [3.05, 3.63) is 29.3 Å². The summed E-state index contributed by atoms with van der Waals surface area (Å²) in [5.74, 6) is 0. The van der Waals surface area contributed by atoms with E-state index in [1.54, 1.807) is 0 Å². The number of nitrogens with one attached hydrogen (secondary N) is 2. The molecule has 1 fully saturated rings. The number of aryl methyl sites for hydroxylation is 1. The van der Waals surface area contributed by atoms with Gasteiger partial charge in [-0.1, -0.05) is 12.1 Å². The van der Waals surface area contributed by atoms with Crippen LogP contribution in [0.25, 0.3) is 0 Å². The van der Waals surface area contributed by atoms with E-state index >= 15 is 0 Å². The summed E-state index contributed by atoms with van der Waals surface area (Å²) in [5, 5.41) is 7.51. The molecule has 0 radical (unpaired) electrons. The molecule has 0 unspecified atom stereocenters. The van der Waals surface area contributed by atoms with Gasteiger partial charge in [-0.2, -0.15) is 0 Å². The smallest absolute Gasteiger partial charge is 0.173 e. The van der Waals surface area contributed by atoms with E-state index < -0.39 is 0 Å². The Labute approximate surface area is 108 Å². The lowest BCUT2D eigenvalue weighted by Crippen LogP contribution is -2.47. The van der Waals surface area contributed by atoms with Crippen molar-refractivity contribution >= 4 is 23.0 Å². The third-order valence-corrected chi connectivity index (χ3v) is 3.61. The molecule has 1 saturated heterocycles. The molecule has 3 nitrogen and oxygen atoms in total. The third-order valence-electron chi connectivity index (χ3n) is 3.25. The lowest BCUT2D eigenvalue weighted by molar-refractivity contribution is 0.362.